The van der Waals surface area contributed by atoms with Gasteiger partial charge in [0.25, 0.3) is 0 Å². The van der Waals surface area contributed by atoms with Crippen LogP contribution in [0.5, 0.6) is 0 Å². The predicted molar refractivity (Wildman–Crippen MR) is 67.5 cm³/mol. The summed E-state index contributed by atoms with van der Waals surface area (Å²) in [6, 6.07) is 0. The Morgan fingerprint density at radius 3 is 2.82 bits per heavy atom. The highest BCUT2D eigenvalue weighted by atomic mass is 16.5. The number of carbonyl (C=O) groups is 1. The van der Waals surface area contributed by atoms with Crippen LogP contribution in [0.2, 0.25) is 0 Å². The molecule has 1 aliphatic rings. The van der Waals surface area contributed by atoms with Gasteiger partial charge in [0.15, 0.2) is 5.78 Å². The first-order chi connectivity index (χ1) is 7.89. The zero-order valence-corrected chi connectivity index (χ0v) is 11.0. The van der Waals surface area contributed by atoms with Crippen LogP contribution in [0.1, 0.15) is 39.5 Å². The van der Waals surface area contributed by atoms with E-state index in [1.807, 2.05) is 6.92 Å². The number of ether oxygens (including phenoxy) is 1. The van der Waals surface area contributed by atoms with Crippen molar-refractivity contribution in [2.75, 3.05) is 7.11 Å². The van der Waals surface area contributed by atoms with E-state index in [0.29, 0.717) is 12.8 Å². The third kappa shape index (κ3) is 3.43. The minimum absolute atomic E-state index is 0.106. The monoisotopic (exact) mass is 238 g/mol. The number of rotatable bonds is 5. The Kier molecular flexibility index (Phi) is 4.52. The maximum atomic E-state index is 12.0. The van der Waals surface area contributed by atoms with Crippen LogP contribution in [0.4, 0.5) is 0 Å². The van der Waals surface area contributed by atoms with Crippen LogP contribution in [-0.4, -0.2) is 24.1 Å². The molecule has 0 heterocycles. The minimum Gasteiger partial charge on any atom is -0.501 e. The minimum atomic E-state index is -0.507. The van der Waals surface area contributed by atoms with Crippen LogP contribution in [0, 0.1) is 5.41 Å². The average Bonchev–Trinajstić information content (AvgIpc) is 2.29. The van der Waals surface area contributed by atoms with Gasteiger partial charge in [-0.2, -0.15) is 0 Å². The number of carbonyl (C=O) groups excluding carboxylic acids is 1. The van der Waals surface area contributed by atoms with E-state index < -0.39 is 6.10 Å². The smallest absolute Gasteiger partial charge is 0.164 e. The molecule has 0 fully saturated rings. The summed E-state index contributed by atoms with van der Waals surface area (Å²) in [5, 5.41) is 9.71. The molecule has 0 unspecified atom stereocenters. The maximum Gasteiger partial charge on any atom is 0.164 e. The van der Waals surface area contributed by atoms with Crippen molar-refractivity contribution >= 4 is 5.78 Å². The molecule has 1 N–H and O–H groups in total. The van der Waals surface area contributed by atoms with E-state index in [9.17, 15) is 9.90 Å². The Morgan fingerprint density at radius 2 is 2.35 bits per heavy atom. The average molecular weight is 238 g/mol. The molecular weight excluding hydrogens is 216 g/mol. The number of hydrogen-bond donors (Lipinski definition) is 1. The van der Waals surface area contributed by atoms with Gasteiger partial charge < -0.3 is 9.84 Å². The highest BCUT2D eigenvalue weighted by Gasteiger charge is 2.35. The van der Waals surface area contributed by atoms with Gasteiger partial charge in [0.2, 0.25) is 0 Å². The van der Waals surface area contributed by atoms with Gasteiger partial charge in [-0.05, 0) is 26.2 Å². The van der Waals surface area contributed by atoms with Gasteiger partial charge in [-0.3, -0.25) is 4.79 Å². The van der Waals surface area contributed by atoms with E-state index in [1.165, 1.54) is 0 Å². The molecule has 0 aromatic carbocycles. The number of aliphatic hydroxyl groups is 1. The van der Waals surface area contributed by atoms with Crippen LogP contribution in [0.25, 0.3) is 0 Å². The first kappa shape index (κ1) is 14.0. The van der Waals surface area contributed by atoms with E-state index in [-0.39, 0.29) is 11.2 Å². The van der Waals surface area contributed by atoms with E-state index in [2.05, 4.69) is 6.58 Å². The van der Waals surface area contributed by atoms with Crippen LogP contribution in [0.3, 0.4) is 0 Å². The van der Waals surface area contributed by atoms with Gasteiger partial charge in [0.1, 0.15) is 0 Å². The van der Waals surface area contributed by atoms with Crippen molar-refractivity contribution in [1.29, 1.82) is 0 Å². The summed E-state index contributed by atoms with van der Waals surface area (Å²) < 4.78 is 5.10. The highest BCUT2D eigenvalue weighted by Crippen LogP contribution is 2.37. The Bertz CT molecular complexity index is 343. The molecule has 0 aromatic rings. The molecule has 0 spiro atoms. The molecule has 0 saturated carbocycles. The molecule has 0 radical (unpaired) electrons. The van der Waals surface area contributed by atoms with Crippen LogP contribution in [0.15, 0.2) is 24.0 Å². The van der Waals surface area contributed by atoms with Gasteiger partial charge in [0.05, 0.1) is 19.0 Å². The summed E-state index contributed by atoms with van der Waals surface area (Å²) in [5.41, 5.74) is 0.392. The lowest BCUT2D eigenvalue weighted by Gasteiger charge is -2.31. The standard InChI is InChI=1S/C14H22O3/c1-10(2)12(15)6-8-14(3)7-5-11(17-4)9-13(14)16/h9,12,15H,1,5-8H2,2-4H3/t12-,14+/m1/s1. The van der Waals surface area contributed by atoms with Gasteiger partial charge in [-0.1, -0.05) is 19.1 Å². The molecule has 17 heavy (non-hydrogen) atoms. The zero-order chi connectivity index (χ0) is 13.1. The summed E-state index contributed by atoms with van der Waals surface area (Å²) in [7, 11) is 1.59. The summed E-state index contributed by atoms with van der Waals surface area (Å²) in [6.07, 6.45) is 3.95. The normalized spacial score (nSPS) is 26.4. The molecule has 1 aliphatic carbocycles. The van der Waals surface area contributed by atoms with Crippen LogP contribution < -0.4 is 0 Å². The quantitative estimate of drug-likeness (QED) is 0.749. The Morgan fingerprint density at radius 1 is 1.71 bits per heavy atom. The fourth-order valence-electron chi connectivity index (χ4n) is 2.03. The van der Waals surface area contributed by atoms with Gasteiger partial charge >= 0.3 is 0 Å². The van der Waals surface area contributed by atoms with E-state index in [4.69, 9.17) is 4.74 Å². The van der Waals surface area contributed by atoms with E-state index in [1.54, 1.807) is 20.1 Å². The molecule has 0 saturated heterocycles. The largest absolute Gasteiger partial charge is 0.501 e. The third-order valence-corrected chi connectivity index (χ3v) is 3.61. The van der Waals surface area contributed by atoms with E-state index in [0.717, 1.165) is 24.2 Å². The predicted octanol–water partition coefficient (Wildman–Crippen LogP) is 2.60. The summed E-state index contributed by atoms with van der Waals surface area (Å²) in [5.74, 6) is 0.863. The second kappa shape index (κ2) is 5.50. The molecule has 3 heteroatoms. The van der Waals surface area contributed by atoms with Crippen molar-refractivity contribution in [1.82, 2.24) is 0 Å². The summed E-state index contributed by atoms with van der Waals surface area (Å²) >= 11 is 0. The van der Waals surface area contributed by atoms with Crippen LogP contribution in [-0.2, 0) is 9.53 Å². The van der Waals surface area contributed by atoms with Crippen molar-refractivity contribution in [2.45, 2.75) is 45.6 Å². The molecule has 96 valence electrons. The third-order valence-electron chi connectivity index (χ3n) is 3.61. The first-order valence-corrected chi connectivity index (χ1v) is 6.01. The fourth-order valence-corrected chi connectivity index (χ4v) is 2.03. The number of allylic oxidation sites excluding steroid dienone is 2. The second-order valence-corrected chi connectivity index (χ2v) is 5.14. The van der Waals surface area contributed by atoms with E-state index >= 15 is 0 Å². The highest BCUT2D eigenvalue weighted by molar-refractivity contribution is 5.95. The molecule has 0 aromatic heterocycles. The molecule has 0 bridgehead atoms. The molecule has 2 atom stereocenters. The van der Waals surface area contributed by atoms with Crippen molar-refractivity contribution < 1.29 is 14.6 Å². The summed E-state index contributed by atoms with van der Waals surface area (Å²) in [6.45, 7) is 7.48. The molecular formula is C14H22O3. The van der Waals surface area contributed by atoms with Crippen molar-refractivity contribution in [3.05, 3.63) is 24.0 Å². The van der Waals surface area contributed by atoms with Crippen LogP contribution >= 0.6 is 0 Å². The Labute approximate surface area is 103 Å². The topological polar surface area (TPSA) is 46.5 Å². The number of methoxy groups -OCH3 is 1. The summed E-state index contributed by atoms with van der Waals surface area (Å²) in [4.78, 5) is 12.0. The number of hydrogen-bond acceptors (Lipinski definition) is 3. The Balaban J connectivity index is 2.62. The molecule has 0 aliphatic heterocycles. The lowest BCUT2D eigenvalue weighted by Crippen LogP contribution is -2.31. The first-order valence-electron chi connectivity index (χ1n) is 6.01. The van der Waals surface area contributed by atoms with Crippen molar-refractivity contribution in [2.24, 2.45) is 5.41 Å². The second-order valence-electron chi connectivity index (χ2n) is 5.14. The molecule has 1 rings (SSSR count). The lowest BCUT2D eigenvalue weighted by molar-refractivity contribution is -0.125. The van der Waals surface area contributed by atoms with Crippen molar-refractivity contribution in [3.63, 3.8) is 0 Å². The number of ketones is 1. The molecule has 0 amide bonds. The maximum absolute atomic E-state index is 12.0. The van der Waals surface area contributed by atoms with Gasteiger partial charge in [0, 0.05) is 17.9 Å². The van der Waals surface area contributed by atoms with Crippen molar-refractivity contribution in [3.8, 4) is 0 Å². The SMILES string of the molecule is C=C(C)[C@H](O)CC[C@]1(C)CCC(OC)=CC1=O. The fraction of sp³-hybridized carbons (Fsp3) is 0.643. The number of aliphatic hydroxyl groups excluding tert-OH is 1. The van der Waals surface area contributed by atoms with Gasteiger partial charge in [-0.15, -0.1) is 0 Å². The lowest BCUT2D eigenvalue weighted by atomic mass is 9.73. The molecule has 3 nitrogen and oxygen atoms in total. The Hall–Kier alpha value is -1.09. The van der Waals surface area contributed by atoms with Gasteiger partial charge in [-0.25, -0.2) is 0 Å². The zero-order valence-electron chi connectivity index (χ0n) is 11.0.